The highest BCUT2D eigenvalue weighted by Crippen LogP contribution is 2.34. The van der Waals surface area contributed by atoms with Crippen molar-refractivity contribution in [3.8, 4) is 0 Å². The summed E-state index contributed by atoms with van der Waals surface area (Å²) < 4.78 is 5.08. The van der Waals surface area contributed by atoms with E-state index in [-0.39, 0.29) is 17.9 Å². The standard InChI is InChI=1S/C17H20N2O4S/c1-3-8-23-17(22)13-7-5-4-6-12(13)10-24-15-9-14(20)19(15)11(2)16(18)21/h3-7,11,15H,1,8-10H2,2H3,(H2,18,21). The second-order valence-corrected chi connectivity index (χ2v) is 6.56. The number of carbonyl (C=O) groups excluding carboxylic acids is 3. The van der Waals surface area contributed by atoms with Gasteiger partial charge in [-0.25, -0.2) is 4.79 Å². The Morgan fingerprint density at radius 3 is 2.83 bits per heavy atom. The van der Waals surface area contributed by atoms with Gasteiger partial charge in [-0.1, -0.05) is 30.9 Å². The molecule has 24 heavy (non-hydrogen) atoms. The lowest BCUT2D eigenvalue weighted by atomic mass is 10.1. The van der Waals surface area contributed by atoms with Crippen LogP contribution in [-0.2, 0) is 20.1 Å². The molecule has 0 aromatic heterocycles. The van der Waals surface area contributed by atoms with Gasteiger partial charge in [0.2, 0.25) is 11.8 Å². The van der Waals surface area contributed by atoms with Crippen LogP contribution in [0, 0.1) is 0 Å². The highest BCUT2D eigenvalue weighted by Gasteiger charge is 2.41. The van der Waals surface area contributed by atoms with Crippen LogP contribution in [0.3, 0.4) is 0 Å². The highest BCUT2D eigenvalue weighted by atomic mass is 32.2. The van der Waals surface area contributed by atoms with Gasteiger partial charge >= 0.3 is 5.97 Å². The molecule has 1 heterocycles. The molecule has 1 aromatic carbocycles. The van der Waals surface area contributed by atoms with Gasteiger partial charge in [-0.3, -0.25) is 9.59 Å². The zero-order valence-corrected chi connectivity index (χ0v) is 14.3. The average Bonchev–Trinajstić information content (AvgIpc) is 2.56. The van der Waals surface area contributed by atoms with Crippen LogP contribution in [0.2, 0.25) is 0 Å². The summed E-state index contributed by atoms with van der Waals surface area (Å²) in [5.74, 6) is -0.489. The van der Waals surface area contributed by atoms with E-state index in [4.69, 9.17) is 10.5 Å². The maximum absolute atomic E-state index is 12.1. The number of rotatable bonds is 8. The predicted octanol–water partition coefficient (Wildman–Crippen LogP) is 1.69. The van der Waals surface area contributed by atoms with Crippen LogP contribution >= 0.6 is 11.8 Å². The second-order valence-electron chi connectivity index (χ2n) is 5.39. The number of β-lactam (4-membered cyclic amide) rings is 1. The lowest BCUT2D eigenvalue weighted by molar-refractivity contribution is -0.148. The van der Waals surface area contributed by atoms with Crippen molar-refractivity contribution in [2.24, 2.45) is 5.73 Å². The molecule has 1 aliphatic heterocycles. The predicted molar refractivity (Wildman–Crippen MR) is 92.1 cm³/mol. The number of carbonyl (C=O) groups is 3. The fourth-order valence-electron chi connectivity index (χ4n) is 2.39. The maximum Gasteiger partial charge on any atom is 0.338 e. The minimum atomic E-state index is -0.628. The third-order valence-electron chi connectivity index (χ3n) is 3.78. The molecule has 6 nitrogen and oxygen atoms in total. The van der Waals surface area contributed by atoms with E-state index >= 15 is 0 Å². The molecule has 1 aliphatic rings. The van der Waals surface area contributed by atoms with Gasteiger partial charge in [0.25, 0.3) is 0 Å². The van der Waals surface area contributed by atoms with Crippen LogP contribution in [0.15, 0.2) is 36.9 Å². The van der Waals surface area contributed by atoms with Crippen molar-refractivity contribution in [3.05, 3.63) is 48.0 Å². The molecule has 1 saturated heterocycles. The molecule has 2 atom stereocenters. The molecule has 1 aromatic rings. The molecule has 0 bridgehead atoms. The summed E-state index contributed by atoms with van der Waals surface area (Å²) >= 11 is 1.50. The van der Waals surface area contributed by atoms with Gasteiger partial charge in [0, 0.05) is 5.75 Å². The Bertz CT molecular complexity index is 662. The van der Waals surface area contributed by atoms with Gasteiger partial charge in [-0.15, -0.1) is 11.8 Å². The lowest BCUT2D eigenvalue weighted by Gasteiger charge is -2.42. The Morgan fingerprint density at radius 1 is 1.50 bits per heavy atom. The van der Waals surface area contributed by atoms with Gasteiger partial charge in [0.1, 0.15) is 12.6 Å². The molecule has 7 heteroatoms. The van der Waals surface area contributed by atoms with E-state index in [0.29, 0.717) is 17.7 Å². The molecule has 128 valence electrons. The van der Waals surface area contributed by atoms with Crippen LogP contribution in [0.1, 0.15) is 29.3 Å². The maximum atomic E-state index is 12.1. The topological polar surface area (TPSA) is 89.7 Å². The molecular formula is C17H20N2O4S. The molecule has 0 saturated carbocycles. The van der Waals surface area contributed by atoms with Crippen LogP contribution in [0.5, 0.6) is 0 Å². The minimum absolute atomic E-state index is 0.0857. The molecule has 0 spiro atoms. The van der Waals surface area contributed by atoms with Gasteiger partial charge in [-0.2, -0.15) is 0 Å². The number of nitrogens with zero attached hydrogens (tertiary/aromatic N) is 1. The monoisotopic (exact) mass is 348 g/mol. The van der Waals surface area contributed by atoms with Gasteiger partial charge in [-0.05, 0) is 18.6 Å². The average molecular weight is 348 g/mol. The van der Waals surface area contributed by atoms with Crippen molar-refractivity contribution in [3.63, 3.8) is 0 Å². The van der Waals surface area contributed by atoms with E-state index in [1.54, 1.807) is 19.1 Å². The fourth-order valence-corrected chi connectivity index (χ4v) is 3.73. The van der Waals surface area contributed by atoms with E-state index in [1.807, 2.05) is 12.1 Å². The van der Waals surface area contributed by atoms with Crippen molar-refractivity contribution < 1.29 is 19.1 Å². The third-order valence-corrected chi connectivity index (χ3v) is 5.03. The van der Waals surface area contributed by atoms with Crippen molar-refractivity contribution in [2.45, 2.75) is 30.5 Å². The number of hydrogen-bond acceptors (Lipinski definition) is 5. The molecule has 0 radical (unpaired) electrons. The molecule has 0 aliphatic carbocycles. The minimum Gasteiger partial charge on any atom is -0.458 e. The highest BCUT2D eigenvalue weighted by molar-refractivity contribution is 7.99. The summed E-state index contributed by atoms with van der Waals surface area (Å²) in [7, 11) is 0. The SMILES string of the molecule is C=CCOC(=O)c1ccccc1CSC1CC(=O)N1C(C)C(N)=O. The second kappa shape index (κ2) is 8.01. The Morgan fingerprint density at radius 2 is 2.21 bits per heavy atom. The summed E-state index contributed by atoms with van der Waals surface area (Å²) in [5, 5.41) is -0.114. The number of esters is 1. The number of benzene rings is 1. The Labute approximate surface area is 145 Å². The normalized spacial score (nSPS) is 17.8. The molecule has 2 rings (SSSR count). The zero-order valence-electron chi connectivity index (χ0n) is 13.4. The van der Waals surface area contributed by atoms with E-state index in [1.165, 1.54) is 22.7 Å². The lowest BCUT2D eigenvalue weighted by Crippen LogP contribution is -2.58. The summed E-state index contributed by atoms with van der Waals surface area (Å²) in [6.07, 6.45) is 1.88. The van der Waals surface area contributed by atoms with E-state index < -0.39 is 17.9 Å². The first kappa shape index (κ1) is 18.1. The number of amides is 2. The third kappa shape index (κ3) is 3.97. The Balaban J connectivity index is 2.02. The van der Waals surface area contributed by atoms with Crippen molar-refractivity contribution in [1.82, 2.24) is 4.90 Å². The van der Waals surface area contributed by atoms with Gasteiger partial charge in [0.05, 0.1) is 17.4 Å². The van der Waals surface area contributed by atoms with E-state index in [2.05, 4.69) is 6.58 Å². The number of primary amides is 1. The van der Waals surface area contributed by atoms with Gasteiger partial charge in [0.15, 0.2) is 0 Å². The largest absolute Gasteiger partial charge is 0.458 e. The van der Waals surface area contributed by atoms with Gasteiger partial charge < -0.3 is 15.4 Å². The molecule has 1 fully saturated rings. The molecule has 2 amide bonds. The van der Waals surface area contributed by atoms with E-state index in [9.17, 15) is 14.4 Å². The number of ether oxygens (including phenoxy) is 1. The molecule has 2 N–H and O–H groups in total. The van der Waals surface area contributed by atoms with Crippen molar-refractivity contribution >= 4 is 29.5 Å². The number of hydrogen-bond donors (Lipinski definition) is 1. The Kier molecular flexibility index (Phi) is 6.03. The zero-order chi connectivity index (χ0) is 17.7. The fraction of sp³-hybridized carbons (Fsp3) is 0.353. The van der Waals surface area contributed by atoms with Crippen LogP contribution in [0.4, 0.5) is 0 Å². The van der Waals surface area contributed by atoms with Crippen LogP contribution in [0.25, 0.3) is 0 Å². The summed E-state index contributed by atoms with van der Waals surface area (Å²) in [6.45, 7) is 5.29. The first-order valence-electron chi connectivity index (χ1n) is 7.53. The number of likely N-dealkylation sites (tertiary alicyclic amines) is 1. The summed E-state index contributed by atoms with van der Waals surface area (Å²) in [5.41, 5.74) is 6.59. The first-order chi connectivity index (χ1) is 11.5. The smallest absolute Gasteiger partial charge is 0.338 e. The molecule has 2 unspecified atom stereocenters. The summed E-state index contributed by atoms with van der Waals surface area (Å²) in [4.78, 5) is 36.6. The first-order valence-corrected chi connectivity index (χ1v) is 8.58. The quantitative estimate of drug-likeness (QED) is 0.439. The Hall–Kier alpha value is -2.28. The summed E-state index contributed by atoms with van der Waals surface area (Å²) in [6, 6.07) is 6.54. The van der Waals surface area contributed by atoms with E-state index in [0.717, 1.165) is 5.56 Å². The van der Waals surface area contributed by atoms with Crippen molar-refractivity contribution in [2.75, 3.05) is 6.61 Å². The van der Waals surface area contributed by atoms with Crippen LogP contribution < -0.4 is 5.73 Å². The van der Waals surface area contributed by atoms with Crippen molar-refractivity contribution in [1.29, 1.82) is 0 Å². The number of thioether (sulfide) groups is 1. The van der Waals surface area contributed by atoms with Crippen LogP contribution in [-0.4, -0.2) is 40.7 Å². The number of nitrogens with two attached hydrogens (primary N) is 1. The molecular weight excluding hydrogens is 328 g/mol.